The van der Waals surface area contributed by atoms with E-state index in [0.717, 1.165) is 0 Å². The van der Waals surface area contributed by atoms with Gasteiger partial charge in [0.1, 0.15) is 5.78 Å². The van der Waals surface area contributed by atoms with Crippen LogP contribution in [0, 0.1) is 12.3 Å². The molecule has 2 unspecified atom stereocenters. The second kappa shape index (κ2) is 4.26. The zero-order valence-corrected chi connectivity index (χ0v) is 10.7. The highest BCUT2D eigenvalue weighted by molar-refractivity contribution is 5.86. The van der Waals surface area contributed by atoms with Gasteiger partial charge in [-0.2, -0.15) is 0 Å². The van der Waals surface area contributed by atoms with Crippen molar-refractivity contribution in [3.63, 3.8) is 0 Å². The van der Waals surface area contributed by atoms with E-state index in [9.17, 15) is 9.90 Å². The highest BCUT2D eigenvalue weighted by atomic mass is 16.3. The molecule has 92 valence electrons. The molecule has 1 aromatic rings. The van der Waals surface area contributed by atoms with E-state index >= 15 is 0 Å². The molecule has 1 aromatic carbocycles. The number of aryl methyl sites for hydroxylation is 1. The fourth-order valence-corrected chi connectivity index (χ4v) is 2.60. The van der Waals surface area contributed by atoms with Crippen molar-refractivity contribution in [2.24, 2.45) is 5.41 Å². The Balaban J connectivity index is 2.27. The van der Waals surface area contributed by atoms with Gasteiger partial charge < -0.3 is 5.11 Å². The number of hydrogen-bond donors (Lipinski definition) is 1. The van der Waals surface area contributed by atoms with Crippen molar-refractivity contribution < 1.29 is 9.90 Å². The summed E-state index contributed by atoms with van der Waals surface area (Å²) < 4.78 is 0. The molecule has 0 heterocycles. The van der Waals surface area contributed by atoms with Gasteiger partial charge in [0, 0.05) is 11.8 Å². The van der Waals surface area contributed by atoms with E-state index in [2.05, 4.69) is 19.1 Å². The highest BCUT2D eigenvalue weighted by Crippen LogP contribution is 2.40. The minimum atomic E-state index is -0.584. The molecule has 0 radical (unpaired) electrons. The smallest absolute Gasteiger partial charge is 0.141 e. The maximum absolute atomic E-state index is 12.1. The monoisotopic (exact) mass is 232 g/mol. The lowest BCUT2D eigenvalue weighted by Crippen LogP contribution is -2.43. The van der Waals surface area contributed by atoms with Crippen LogP contribution < -0.4 is 0 Å². The molecule has 1 N–H and O–H groups in total. The molecule has 0 aliphatic heterocycles. The van der Waals surface area contributed by atoms with Crippen molar-refractivity contribution in [2.75, 3.05) is 0 Å². The van der Waals surface area contributed by atoms with Crippen LogP contribution in [-0.2, 0) is 4.79 Å². The first-order valence-electron chi connectivity index (χ1n) is 6.20. The van der Waals surface area contributed by atoms with Crippen LogP contribution in [0.15, 0.2) is 24.3 Å². The lowest BCUT2D eigenvalue weighted by atomic mass is 9.68. The molecule has 0 bridgehead atoms. The van der Waals surface area contributed by atoms with Gasteiger partial charge in [-0.25, -0.2) is 0 Å². The SMILES string of the molecule is Cc1ccccc1C1CC(=O)C(C)(C)C(O)C1. The second-order valence-corrected chi connectivity index (χ2v) is 5.65. The number of carbonyl (C=O) groups excluding carboxylic acids is 1. The Hall–Kier alpha value is -1.15. The average molecular weight is 232 g/mol. The lowest BCUT2D eigenvalue weighted by molar-refractivity contribution is -0.137. The van der Waals surface area contributed by atoms with Crippen LogP contribution in [-0.4, -0.2) is 17.0 Å². The Bertz CT molecular complexity index is 434. The summed E-state index contributed by atoms with van der Waals surface area (Å²) in [4.78, 5) is 12.1. The summed E-state index contributed by atoms with van der Waals surface area (Å²) in [6.45, 7) is 5.74. The molecule has 2 nitrogen and oxygen atoms in total. The van der Waals surface area contributed by atoms with E-state index < -0.39 is 11.5 Å². The van der Waals surface area contributed by atoms with Crippen LogP contribution in [0.25, 0.3) is 0 Å². The number of Topliss-reactive ketones (excluding diaryl/α,β-unsaturated/α-hetero) is 1. The van der Waals surface area contributed by atoms with Gasteiger partial charge in [0.05, 0.1) is 6.10 Å². The highest BCUT2D eigenvalue weighted by Gasteiger charge is 2.42. The standard InChI is InChI=1S/C15H20O2/c1-10-6-4-5-7-12(10)11-8-13(16)15(2,3)14(17)9-11/h4-7,11,13,16H,8-9H2,1-3H3. The van der Waals surface area contributed by atoms with E-state index in [1.54, 1.807) is 0 Å². The van der Waals surface area contributed by atoms with Crippen molar-refractivity contribution in [2.45, 2.75) is 45.6 Å². The van der Waals surface area contributed by atoms with Gasteiger partial charge in [-0.3, -0.25) is 4.79 Å². The van der Waals surface area contributed by atoms with Crippen LogP contribution >= 0.6 is 0 Å². The molecule has 0 amide bonds. The molecule has 1 aliphatic rings. The Morgan fingerprint density at radius 2 is 1.94 bits per heavy atom. The van der Waals surface area contributed by atoms with Crippen molar-refractivity contribution in [3.05, 3.63) is 35.4 Å². The second-order valence-electron chi connectivity index (χ2n) is 5.65. The van der Waals surface area contributed by atoms with Crippen LogP contribution in [0.4, 0.5) is 0 Å². The van der Waals surface area contributed by atoms with Gasteiger partial charge in [0.25, 0.3) is 0 Å². The van der Waals surface area contributed by atoms with Gasteiger partial charge in [-0.1, -0.05) is 38.1 Å². The maximum atomic E-state index is 12.1. The Kier molecular flexibility index (Phi) is 3.09. The van der Waals surface area contributed by atoms with E-state index in [1.807, 2.05) is 26.0 Å². The summed E-state index contributed by atoms with van der Waals surface area (Å²) in [5, 5.41) is 10.1. The topological polar surface area (TPSA) is 37.3 Å². The predicted octanol–water partition coefficient (Wildman–Crippen LogP) is 2.83. The summed E-state index contributed by atoms with van der Waals surface area (Å²) in [6.07, 6.45) is 0.701. The summed E-state index contributed by atoms with van der Waals surface area (Å²) >= 11 is 0. The molecule has 0 aromatic heterocycles. The van der Waals surface area contributed by atoms with Gasteiger partial charge in [-0.15, -0.1) is 0 Å². The first kappa shape index (κ1) is 12.3. The molecule has 1 fully saturated rings. The third-order valence-electron chi connectivity index (χ3n) is 4.12. The number of benzene rings is 1. The largest absolute Gasteiger partial charge is 0.392 e. The van der Waals surface area contributed by atoms with E-state index in [1.165, 1.54) is 11.1 Å². The first-order chi connectivity index (χ1) is 7.93. The molecule has 1 aliphatic carbocycles. The lowest BCUT2D eigenvalue weighted by Gasteiger charge is -2.38. The molecule has 1 saturated carbocycles. The zero-order chi connectivity index (χ0) is 12.6. The molecule has 2 heteroatoms. The molecule has 0 spiro atoms. The van der Waals surface area contributed by atoms with Gasteiger partial charge >= 0.3 is 0 Å². The summed E-state index contributed by atoms with van der Waals surface area (Å²) in [5.74, 6) is 0.344. The van der Waals surface area contributed by atoms with Gasteiger partial charge in [-0.05, 0) is 30.4 Å². The van der Waals surface area contributed by atoms with E-state index in [4.69, 9.17) is 0 Å². The van der Waals surface area contributed by atoms with Crippen molar-refractivity contribution in [1.29, 1.82) is 0 Å². The maximum Gasteiger partial charge on any atom is 0.141 e. The average Bonchev–Trinajstić information content (AvgIpc) is 2.26. The normalized spacial score (nSPS) is 28.1. The fraction of sp³-hybridized carbons (Fsp3) is 0.533. The third kappa shape index (κ3) is 2.14. The minimum absolute atomic E-state index is 0.171. The molecule has 0 saturated heterocycles. The van der Waals surface area contributed by atoms with E-state index in [0.29, 0.717) is 12.8 Å². The molecule has 2 atom stereocenters. The summed E-state index contributed by atoms with van der Waals surface area (Å²) in [5.41, 5.74) is 1.83. The summed E-state index contributed by atoms with van der Waals surface area (Å²) in [6, 6.07) is 8.13. The van der Waals surface area contributed by atoms with Crippen LogP contribution in [0.1, 0.15) is 43.7 Å². The fourth-order valence-electron chi connectivity index (χ4n) is 2.60. The number of carbonyl (C=O) groups is 1. The first-order valence-corrected chi connectivity index (χ1v) is 6.20. The van der Waals surface area contributed by atoms with Crippen LogP contribution in [0.3, 0.4) is 0 Å². The number of aliphatic hydroxyl groups is 1. The van der Waals surface area contributed by atoms with Crippen molar-refractivity contribution in [3.8, 4) is 0 Å². The van der Waals surface area contributed by atoms with Crippen LogP contribution in [0.2, 0.25) is 0 Å². The van der Waals surface area contributed by atoms with Crippen molar-refractivity contribution in [1.82, 2.24) is 0 Å². The number of hydrogen-bond acceptors (Lipinski definition) is 2. The number of rotatable bonds is 1. The Morgan fingerprint density at radius 1 is 1.29 bits per heavy atom. The quantitative estimate of drug-likeness (QED) is 0.808. The Labute approximate surface area is 103 Å². The molecular formula is C15H20O2. The van der Waals surface area contributed by atoms with Gasteiger partial charge in [0.15, 0.2) is 0 Å². The van der Waals surface area contributed by atoms with E-state index in [-0.39, 0.29) is 11.7 Å². The molecular weight excluding hydrogens is 212 g/mol. The van der Waals surface area contributed by atoms with Crippen LogP contribution in [0.5, 0.6) is 0 Å². The van der Waals surface area contributed by atoms with Gasteiger partial charge in [0.2, 0.25) is 0 Å². The summed E-state index contributed by atoms with van der Waals surface area (Å²) in [7, 11) is 0. The number of aliphatic hydroxyl groups excluding tert-OH is 1. The molecule has 2 rings (SSSR count). The van der Waals surface area contributed by atoms with Crippen molar-refractivity contribution >= 4 is 5.78 Å². The molecule has 17 heavy (non-hydrogen) atoms. The Morgan fingerprint density at radius 3 is 2.53 bits per heavy atom. The zero-order valence-electron chi connectivity index (χ0n) is 10.7. The predicted molar refractivity (Wildman–Crippen MR) is 67.9 cm³/mol. The minimum Gasteiger partial charge on any atom is -0.392 e. The number of ketones is 1. The third-order valence-corrected chi connectivity index (χ3v) is 4.12.